The molecule has 0 radical (unpaired) electrons. The highest BCUT2D eigenvalue weighted by Gasteiger charge is 2.55. The Kier molecular flexibility index (Phi) is 10.5. The van der Waals surface area contributed by atoms with Crippen LogP contribution in [-0.4, -0.2) is 68.6 Å². The van der Waals surface area contributed by atoms with Gasteiger partial charge in [0.05, 0.1) is 35.9 Å². The molecule has 1 saturated heterocycles. The summed E-state index contributed by atoms with van der Waals surface area (Å²) in [5.41, 5.74) is 3.85. The van der Waals surface area contributed by atoms with Gasteiger partial charge in [-0.25, -0.2) is 0 Å². The third-order valence-corrected chi connectivity index (χ3v) is 10.3. The molecule has 7 rings (SSSR count). The first-order chi connectivity index (χ1) is 25.7. The Balaban J connectivity index is 1.24. The van der Waals surface area contributed by atoms with Crippen molar-refractivity contribution in [1.82, 2.24) is 4.98 Å². The normalized spacial score (nSPS) is 19.4. The maximum absolute atomic E-state index is 14.1. The topological polar surface area (TPSA) is 161 Å². The zero-order chi connectivity index (χ0) is 37.1. The van der Waals surface area contributed by atoms with Crippen molar-refractivity contribution in [3.05, 3.63) is 138 Å². The molecule has 0 bridgehead atoms. The van der Waals surface area contributed by atoms with E-state index in [1.165, 1.54) is 18.2 Å². The molecular formula is C42H39BN2O8. The number of hydrogen-bond acceptors (Lipinski definition) is 9. The highest BCUT2D eigenvalue weighted by molar-refractivity contribution is 6.58. The average Bonchev–Trinajstić information content (AvgIpc) is 3.44. The predicted octanol–water partition coefficient (Wildman–Crippen LogP) is 4.50. The van der Waals surface area contributed by atoms with Crippen LogP contribution >= 0.6 is 0 Å². The van der Waals surface area contributed by atoms with Gasteiger partial charge in [-0.15, -0.1) is 0 Å². The van der Waals surface area contributed by atoms with Gasteiger partial charge in [0.25, 0.3) is 0 Å². The van der Waals surface area contributed by atoms with Crippen molar-refractivity contribution in [2.24, 2.45) is 17.8 Å². The lowest BCUT2D eigenvalue weighted by Crippen LogP contribution is -2.40. The van der Waals surface area contributed by atoms with Crippen LogP contribution in [0.3, 0.4) is 0 Å². The number of benzene rings is 4. The van der Waals surface area contributed by atoms with Crippen molar-refractivity contribution in [2.45, 2.75) is 25.4 Å². The van der Waals surface area contributed by atoms with Crippen molar-refractivity contribution >= 4 is 52.5 Å². The average molecular weight is 711 g/mol. The summed E-state index contributed by atoms with van der Waals surface area (Å²) in [5, 5.41) is 54.6. The fourth-order valence-corrected chi connectivity index (χ4v) is 7.75. The number of aromatic nitrogens is 1. The lowest BCUT2D eigenvalue weighted by molar-refractivity contribution is -0.123. The van der Waals surface area contributed by atoms with Crippen molar-refractivity contribution < 1.29 is 39.7 Å². The maximum atomic E-state index is 14.1. The second-order valence-electron chi connectivity index (χ2n) is 13.4. The van der Waals surface area contributed by atoms with Gasteiger partial charge in [-0.1, -0.05) is 66.7 Å². The fourth-order valence-electron chi connectivity index (χ4n) is 7.75. The van der Waals surface area contributed by atoms with Gasteiger partial charge in [0.2, 0.25) is 11.8 Å². The van der Waals surface area contributed by atoms with Gasteiger partial charge in [-0.3, -0.25) is 19.5 Å². The van der Waals surface area contributed by atoms with E-state index < -0.39 is 49.4 Å². The number of allylic oxidation sites excluding steroid dienone is 1. The van der Waals surface area contributed by atoms with Crippen LogP contribution < -0.4 is 15.1 Å². The summed E-state index contributed by atoms with van der Waals surface area (Å²) in [6, 6.07) is 31.8. The molecule has 53 heavy (non-hydrogen) atoms. The molecule has 5 N–H and O–H groups in total. The van der Waals surface area contributed by atoms with E-state index in [2.05, 4.69) is 4.98 Å². The van der Waals surface area contributed by atoms with Crippen LogP contribution in [0.5, 0.6) is 11.5 Å². The summed E-state index contributed by atoms with van der Waals surface area (Å²) in [7, 11) is -1.79. The standard InChI is InChI=1S/C42H39BN2O8/c46-24-35-39(38(48)19-17-27(36-15-6-7-20-44-36)21-26-16-18-37(47)33-14-5-4-13-32(26)33)28(25-53-31-11-2-1-3-12-31)22-34-40(35)42(50)45(41(34)49)30-10-8-9-29(23-30)43(51)52/h1-16,18,20-21,23,34-35,38,40,46-48,51-52H,17,19,22,24-25H2/b27-21-/t34-,35+,38-,40-/m1/s1. The Bertz CT molecular complexity index is 2190. The summed E-state index contributed by atoms with van der Waals surface area (Å²) in [6.07, 6.45) is 3.29. The Hall–Kier alpha value is -5.59. The summed E-state index contributed by atoms with van der Waals surface area (Å²) >= 11 is 0. The van der Waals surface area contributed by atoms with Crippen LogP contribution in [0.4, 0.5) is 5.69 Å². The molecule has 0 saturated carbocycles. The SMILES string of the molecule is O=C1[C@@H]2[C@@H](CC(COc3ccccc3)=C([C@H](O)CC/C(=C/c3ccc(O)c4ccccc34)c3ccccn3)[C@@H]2CO)C(=O)N1c1cccc(B(O)O)c1. The highest BCUT2D eigenvalue weighted by atomic mass is 16.5. The van der Waals surface area contributed by atoms with E-state index >= 15 is 0 Å². The number of amides is 2. The number of aliphatic hydroxyl groups is 2. The van der Waals surface area contributed by atoms with Crippen LogP contribution in [-0.2, 0) is 9.59 Å². The molecule has 1 aliphatic carbocycles. The van der Waals surface area contributed by atoms with Crippen molar-refractivity contribution in [1.29, 1.82) is 0 Å². The van der Waals surface area contributed by atoms with E-state index in [1.54, 1.807) is 30.5 Å². The van der Waals surface area contributed by atoms with Gasteiger partial charge in [0.15, 0.2) is 0 Å². The van der Waals surface area contributed by atoms with Gasteiger partial charge < -0.3 is 30.1 Å². The number of anilines is 1. The molecule has 0 spiro atoms. The van der Waals surface area contributed by atoms with Gasteiger partial charge >= 0.3 is 7.12 Å². The summed E-state index contributed by atoms with van der Waals surface area (Å²) in [4.78, 5) is 33.8. The number of imide groups is 1. The molecule has 4 atom stereocenters. The van der Waals surface area contributed by atoms with Crippen LogP contribution in [0.25, 0.3) is 22.4 Å². The molecule has 11 heteroatoms. The zero-order valence-corrected chi connectivity index (χ0v) is 28.8. The molecule has 10 nitrogen and oxygen atoms in total. The minimum atomic E-state index is -1.79. The molecule has 1 fully saturated rings. The molecule has 5 aromatic rings. The fraction of sp³-hybridized carbons (Fsp3) is 0.214. The van der Waals surface area contributed by atoms with Crippen LogP contribution in [0.1, 0.15) is 30.5 Å². The third kappa shape index (κ3) is 7.25. The number of carbonyl (C=O) groups is 2. The molecule has 4 aromatic carbocycles. The number of phenolic OH excluding ortho intramolecular Hbond substituents is 1. The number of hydrogen-bond donors (Lipinski definition) is 5. The summed E-state index contributed by atoms with van der Waals surface area (Å²) in [6.45, 7) is -0.459. The predicted molar refractivity (Wildman–Crippen MR) is 203 cm³/mol. The minimum Gasteiger partial charge on any atom is -0.507 e. The number of fused-ring (bicyclic) bond motifs is 2. The number of rotatable bonds is 12. The lowest BCUT2D eigenvalue weighted by Gasteiger charge is -2.36. The lowest BCUT2D eigenvalue weighted by atomic mass is 9.68. The number of aromatic hydroxyl groups is 1. The molecule has 268 valence electrons. The Morgan fingerprint density at radius 3 is 2.40 bits per heavy atom. The molecular weight excluding hydrogens is 671 g/mol. The Morgan fingerprint density at radius 2 is 1.66 bits per heavy atom. The summed E-state index contributed by atoms with van der Waals surface area (Å²) in [5.74, 6) is -2.87. The van der Waals surface area contributed by atoms with Crippen LogP contribution in [0, 0.1) is 17.8 Å². The molecule has 1 aromatic heterocycles. The van der Waals surface area contributed by atoms with Crippen LogP contribution in [0.2, 0.25) is 0 Å². The van der Waals surface area contributed by atoms with Gasteiger partial charge in [0.1, 0.15) is 18.1 Å². The Morgan fingerprint density at radius 1 is 0.906 bits per heavy atom. The van der Waals surface area contributed by atoms with Crippen LogP contribution in [0.15, 0.2) is 127 Å². The first kappa shape index (κ1) is 35.8. The van der Waals surface area contributed by atoms with Crippen molar-refractivity contribution in [3.8, 4) is 11.5 Å². The molecule has 1 aliphatic heterocycles. The first-order valence-corrected chi connectivity index (χ1v) is 17.6. The van der Waals surface area contributed by atoms with Gasteiger partial charge in [0, 0.05) is 17.5 Å². The second kappa shape index (κ2) is 15.6. The monoisotopic (exact) mass is 710 g/mol. The van der Waals surface area contributed by atoms with Crippen molar-refractivity contribution in [2.75, 3.05) is 18.1 Å². The number of carbonyl (C=O) groups excluding carboxylic acids is 2. The number of pyridine rings is 1. The summed E-state index contributed by atoms with van der Waals surface area (Å²) < 4.78 is 6.15. The van der Waals surface area contributed by atoms with E-state index in [4.69, 9.17) is 4.74 Å². The number of aliphatic hydroxyl groups excluding tert-OH is 2. The molecule has 2 amide bonds. The molecule has 2 heterocycles. The van der Waals surface area contributed by atoms with E-state index in [0.29, 0.717) is 34.4 Å². The van der Waals surface area contributed by atoms with E-state index in [9.17, 15) is 35.0 Å². The second-order valence-corrected chi connectivity index (χ2v) is 13.4. The Labute approximate surface area is 307 Å². The van der Waals surface area contributed by atoms with E-state index in [1.807, 2.05) is 72.8 Å². The minimum absolute atomic E-state index is 0.0340. The van der Waals surface area contributed by atoms with Crippen molar-refractivity contribution in [3.63, 3.8) is 0 Å². The van der Waals surface area contributed by atoms with E-state index in [-0.39, 0.29) is 36.3 Å². The number of para-hydroxylation sites is 1. The molecule has 2 aliphatic rings. The zero-order valence-electron chi connectivity index (χ0n) is 28.8. The number of phenols is 1. The van der Waals surface area contributed by atoms with Gasteiger partial charge in [-0.2, -0.15) is 0 Å². The first-order valence-electron chi connectivity index (χ1n) is 17.6. The molecule has 0 unspecified atom stereocenters. The largest absolute Gasteiger partial charge is 0.507 e. The van der Waals surface area contributed by atoms with E-state index in [0.717, 1.165) is 21.4 Å². The quantitative estimate of drug-likeness (QED) is 0.0714. The smallest absolute Gasteiger partial charge is 0.488 e. The maximum Gasteiger partial charge on any atom is 0.488 e. The highest BCUT2D eigenvalue weighted by Crippen LogP contribution is 2.47. The number of ether oxygens (including phenoxy) is 1. The number of nitrogens with zero attached hydrogens (tertiary/aromatic N) is 2. The van der Waals surface area contributed by atoms with Gasteiger partial charge in [-0.05, 0) is 101 Å². The third-order valence-electron chi connectivity index (χ3n) is 10.3.